The van der Waals surface area contributed by atoms with E-state index >= 15 is 0 Å². The normalized spacial score (nSPS) is 8.31. The van der Waals surface area contributed by atoms with E-state index < -0.39 is 11.9 Å². The smallest absolute Gasteiger partial charge is 0.414 e. The summed E-state index contributed by atoms with van der Waals surface area (Å²) in [5.41, 5.74) is 4.55. The molecule has 0 aliphatic heterocycles. The second kappa shape index (κ2) is 7.02. The van der Waals surface area contributed by atoms with Crippen molar-refractivity contribution < 1.29 is 19.8 Å². The van der Waals surface area contributed by atoms with Gasteiger partial charge >= 0.3 is 11.9 Å². The quantitative estimate of drug-likeness (QED) is 0.335. The fraction of sp³-hybridized carbons (Fsp3) is 0. The van der Waals surface area contributed by atoms with Gasteiger partial charge in [0.25, 0.3) is 0 Å². The minimum Gasteiger partial charge on any atom is -0.473 e. The first-order valence-electron chi connectivity index (χ1n) is 4.16. The zero-order valence-corrected chi connectivity index (χ0v) is 8.38. The summed E-state index contributed by atoms with van der Waals surface area (Å²) in [4.78, 5) is 18.2. The van der Waals surface area contributed by atoms with E-state index in [2.05, 4.69) is 12.0 Å². The highest BCUT2D eigenvalue weighted by atomic mass is 16.4. The van der Waals surface area contributed by atoms with Crippen molar-refractivity contribution in [2.45, 2.75) is 0 Å². The molecular weight excluding hydrogens is 212 g/mol. The summed E-state index contributed by atoms with van der Waals surface area (Å²) >= 11 is 0. The van der Waals surface area contributed by atoms with Gasteiger partial charge in [0.2, 0.25) is 0 Å². The van der Waals surface area contributed by atoms with Crippen LogP contribution < -0.4 is 11.3 Å². The van der Waals surface area contributed by atoms with Crippen LogP contribution in [0.2, 0.25) is 0 Å². The van der Waals surface area contributed by atoms with Crippen LogP contribution in [0.5, 0.6) is 0 Å². The molecule has 0 aliphatic carbocycles. The molecule has 0 heterocycles. The first-order valence-corrected chi connectivity index (χ1v) is 4.16. The van der Waals surface area contributed by atoms with E-state index in [1.54, 1.807) is 6.08 Å². The monoisotopic (exact) mass is 224 g/mol. The van der Waals surface area contributed by atoms with Gasteiger partial charge in [0.05, 0.1) is 0 Å². The van der Waals surface area contributed by atoms with Crippen molar-refractivity contribution in [2.24, 2.45) is 5.84 Å². The van der Waals surface area contributed by atoms with Crippen LogP contribution in [0, 0.1) is 0 Å². The fourth-order valence-electron chi connectivity index (χ4n) is 0.715. The Morgan fingerprint density at radius 3 is 1.88 bits per heavy atom. The van der Waals surface area contributed by atoms with Gasteiger partial charge in [-0.25, -0.2) is 9.59 Å². The van der Waals surface area contributed by atoms with Crippen LogP contribution in [0.1, 0.15) is 5.56 Å². The lowest BCUT2D eigenvalue weighted by molar-refractivity contribution is -0.159. The molecule has 0 aromatic heterocycles. The van der Waals surface area contributed by atoms with Crippen molar-refractivity contribution in [3.8, 4) is 0 Å². The van der Waals surface area contributed by atoms with Crippen LogP contribution in [-0.2, 0) is 9.59 Å². The van der Waals surface area contributed by atoms with Crippen LogP contribution >= 0.6 is 0 Å². The molecule has 0 radical (unpaired) electrons. The molecule has 0 unspecified atom stereocenters. The van der Waals surface area contributed by atoms with Gasteiger partial charge < -0.3 is 15.6 Å². The van der Waals surface area contributed by atoms with Gasteiger partial charge in [0.1, 0.15) is 0 Å². The molecule has 1 rings (SSSR count). The van der Waals surface area contributed by atoms with Gasteiger partial charge in [-0.2, -0.15) is 0 Å². The van der Waals surface area contributed by atoms with Crippen molar-refractivity contribution in [3.63, 3.8) is 0 Å². The summed E-state index contributed by atoms with van der Waals surface area (Å²) in [6, 6.07) is 7.69. The van der Waals surface area contributed by atoms with Crippen molar-refractivity contribution in [1.82, 2.24) is 0 Å². The number of anilines is 1. The number of rotatable bonds is 2. The number of hydrazine groups is 1. The number of carboxylic acids is 2. The van der Waals surface area contributed by atoms with E-state index in [9.17, 15) is 0 Å². The number of nitrogens with two attached hydrogens (primary N) is 1. The molecule has 0 fully saturated rings. The van der Waals surface area contributed by atoms with Crippen molar-refractivity contribution in [2.75, 3.05) is 5.43 Å². The average molecular weight is 224 g/mol. The van der Waals surface area contributed by atoms with Crippen LogP contribution in [-0.4, -0.2) is 22.2 Å². The predicted molar refractivity (Wildman–Crippen MR) is 59.6 cm³/mol. The Morgan fingerprint density at radius 2 is 1.62 bits per heavy atom. The summed E-state index contributed by atoms with van der Waals surface area (Å²) in [5.74, 6) is 1.52. The molecule has 86 valence electrons. The third kappa shape index (κ3) is 5.40. The van der Waals surface area contributed by atoms with Crippen molar-refractivity contribution in [1.29, 1.82) is 0 Å². The lowest BCUT2D eigenvalue weighted by Gasteiger charge is -1.97. The van der Waals surface area contributed by atoms with Gasteiger partial charge in [0.15, 0.2) is 0 Å². The first-order chi connectivity index (χ1) is 7.51. The summed E-state index contributed by atoms with van der Waals surface area (Å²) in [5, 5.41) is 14.8. The molecule has 0 bridgehead atoms. The molecule has 5 N–H and O–H groups in total. The Hall–Kier alpha value is -2.34. The summed E-state index contributed by atoms with van der Waals surface area (Å²) < 4.78 is 0. The first kappa shape index (κ1) is 13.7. The Labute approximate surface area is 92.0 Å². The second-order valence-corrected chi connectivity index (χ2v) is 2.58. The van der Waals surface area contributed by atoms with E-state index in [-0.39, 0.29) is 0 Å². The number of hydrogen-bond donors (Lipinski definition) is 4. The fourth-order valence-corrected chi connectivity index (χ4v) is 0.715. The number of aliphatic carboxylic acids is 2. The molecule has 0 saturated carbocycles. The van der Waals surface area contributed by atoms with Gasteiger partial charge in [0, 0.05) is 5.69 Å². The molecule has 6 heteroatoms. The van der Waals surface area contributed by atoms with E-state index in [1.807, 2.05) is 24.3 Å². The van der Waals surface area contributed by atoms with Gasteiger partial charge in [-0.3, -0.25) is 5.84 Å². The highest BCUT2D eigenvalue weighted by Crippen LogP contribution is 2.07. The molecule has 0 amide bonds. The largest absolute Gasteiger partial charge is 0.473 e. The van der Waals surface area contributed by atoms with E-state index in [1.165, 1.54) is 0 Å². The maximum absolute atomic E-state index is 9.10. The molecule has 1 aromatic carbocycles. The standard InChI is InChI=1S/C8H10N2.C2H2O4/c1-2-7-3-5-8(10-9)6-4-7;3-1(4)2(5)6/h2-6,10H,1,9H2;(H,3,4)(H,5,6). The Balaban J connectivity index is 0.000000325. The average Bonchev–Trinajstić information content (AvgIpc) is 2.30. The molecule has 0 saturated heterocycles. The van der Waals surface area contributed by atoms with E-state index in [0.717, 1.165) is 11.3 Å². The van der Waals surface area contributed by atoms with Crippen LogP contribution in [0.4, 0.5) is 5.69 Å². The van der Waals surface area contributed by atoms with Gasteiger partial charge in [-0.15, -0.1) is 0 Å². The number of carbonyl (C=O) groups is 2. The Morgan fingerprint density at radius 1 is 1.19 bits per heavy atom. The SMILES string of the molecule is C=Cc1ccc(NN)cc1.O=C(O)C(=O)O. The molecule has 0 aliphatic rings. The number of carboxylic acid groups (broad SMARTS) is 2. The van der Waals surface area contributed by atoms with E-state index in [4.69, 9.17) is 25.6 Å². The highest BCUT2D eigenvalue weighted by molar-refractivity contribution is 6.27. The molecule has 1 aromatic rings. The van der Waals surface area contributed by atoms with Crippen LogP contribution in [0.15, 0.2) is 30.8 Å². The number of hydrogen-bond acceptors (Lipinski definition) is 4. The minimum absolute atomic E-state index is 0.908. The van der Waals surface area contributed by atoms with Gasteiger partial charge in [-0.1, -0.05) is 24.8 Å². The number of nitrogen functional groups attached to an aromatic ring is 1. The molecule has 0 spiro atoms. The summed E-state index contributed by atoms with van der Waals surface area (Å²) in [7, 11) is 0. The zero-order valence-electron chi connectivity index (χ0n) is 8.38. The van der Waals surface area contributed by atoms with Crippen LogP contribution in [0.3, 0.4) is 0 Å². The third-order valence-electron chi connectivity index (χ3n) is 1.50. The lowest BCUT2D eigenvalue weighted by Crippen LogP contribution is -2.09. The molecule has 16 heavy (non-hydrogen) atoms. The number of benzene rings is 1. The maximum atomic E-state index is 9.10. The summed E-state index contributed by atoms with van der Waals surface area (Å²) in [6.07, 6.45) is 1.79. The highest BCUT2D eigenvalue weighted by Gasteiger charge is 2.04. The van der Waals surface area contributed by atoms with Gasteiger partial charge in [-0.05, 0) is 17.7 Å². The Kier molecular flexibility index (Phi) is 5.99. The zero-order chi connectivity index (χ0) is 12.6. The second-order valence-electron chi connectivity index (χ2n) is 2.58. The maximum Gasteiger partial charge on any atom is 0.414 e. The molecule has 6 nitrogen and oxygen atoms in total. The topological polar surface area (TPSA) is 113 Å². The lowest BCUT2D eigenvalue weighted by atomic mass is 10.2. The predicted octanol–water partition coefficient (Wildman–Crippen LogP) is 0.771. The molecular formula is C10H12N2O4. The minimum atomic E-state index is -1.82. The Bertz CT molecular complexity index is 361. The number of nitrogens with one attached hydrogen (secondary N) is 1. The van der Waals surface area contributed by atoms with Crippen molar-refractivity contribution in [3.05, 3.63) is 36.4 Å². The third-order valence-corrected chi connectivity index (χ3v) is 1.50. The van der Waals surface area contributed by atoms with Crippen LogP contribution in [0.25, 0.3) is 6.08 Å². The van der Waals surface area contributed by atoms with Crippen molar-refractivity contribution >= 4 is 23.7 Å². The summed E-state index contributed by atoms with van der Waals surface area (Å²) in [6.45, 7) is 3.63. The molecule has 0 atom stereocenters. The van der Waals surface area contributed by atoms with E-state index in [0.29, 0.717) is 0 Å².